The Morgan fingerprint density at radius 1 is 1.39 bits per heavy atom. The van der Waals surface area contributed by atoms with Gasteiger partial charge in [0.1, 0.15) is 18.1 Å². The monoisotopic (exact) mass is 317 g/mol. The summed E-state index contributed by atoms with van der Waals surface area (Å²) >= 11 is 0. The SMILES string of the molecule is CC(=O)NCc1cc2cc(F)c(OCc3cc(C)on3)cc2[nH]1. The van der Waals surface area contributed by atoms with Crippen LogP contribution in [0, 0.1) is 12.7 Å². The summed E-state index contributed by atoms with van der Waals surface area (Å²) in [7, 11) is 0. The molecule has 1 aromatic carbocycles. The number of carbonyl (C=O) groups excluding carboxylic acids is 1. The van der Waals surface area contributed by atoms with Gasteiger partial charge in [-0.3, -0.25) is 4.79 Å². The first-order chi connectivity index (χ1) is 11.0. The summed E-state index contributed by atoms with van der Waals surface area (Å²) in [5.41, 5.74) is 2.12. The van der Waals surface area contributed by atoms with Gasteiger partial charge in [-0.15, -0.1) is 0 Å². The van der Waals surface area contributed by atoms with Crippen molar-refractivity contribution in [3.63, 3.8) is 0 Å². The Kier molecular flexibility index (Phi) is 4.01. The first-order valence-corrected chi connectivity index (χ1v) is 7.12. The number of benzene rings is 1. The van der Waals surface area contributed by atoms with Crippen LogP contribution in [0.3, 0.4) is 0 Å². The largest absolute Gasteiger partial charge is 0.484 e. The Morgan fingerprint density at radius 2 is 2.22 bits per heavy atom. The van der Waals surface area contributed by atoms with Crippen molar-refractivity contribution in [3.8, 4) is 5.75 Å². The van der Waals surface area contributed by atoms with E-state index >= 15 is 0 Å². The molecule has 6 nitrogen and oxygen atoms in total. The Hall–Kier alpha value is -2.83. The molecule has 0 atom stereocenters. The third-order valence-corrected chi connectivity index (χ3v) is 3.31. The highest BCUT2D eigenvalue weighted by molar-refractivity contribution is 5.82. The van der Waals surface area contributed by atoms with Crippen LogP contribution in [0.2, 0.25) is 0 Å². The van der Waals surface area contributed by atoms with Gasteiger partial charge in [-0.25, -0.2) is 4.39 Å². The highest BCUT2D eigenvalue weighted by Gasteiger charge is 2.10. The van der Waals surface area contributed by atoms with Crippen molar-refractivity contribution in [1.82, 2.24) is 15.5 Å². The topological polar surface area (TPSA) is 80.2 Å². The quantitative estimate of drug-likeness (QED) is 0.758. The smallest absolute Gasteiger partial charge is 0.217 e. The molecule has 0 saturated carbocycles. The number of nitrogens with zero attached hydrogens (tertiary/aromatic N) is 1. The molecule has 1 amide bonds. The summed E-state index contributed by atoms with van der Waals surface area (Å²) in [6.45, 7) is 3.71. The van der Waals surface area contributed by atoms with Gasteiger partial charge in [0.05, 0.1) is 6.54 Å². The Labute approximate surface area is 131 Å². The van der Waals surface area contributed by atoms with Gasteiger partial charge in [-0.2, -0.15) is 0 Å². The molecule has 0 aliphatic carbocycles. The molecule has 120 valence electrons. The molecule has 3 rings (SSSR count). The van der Waals surface area contributed by atoms with Crippen LogP contribution < -0.4 is 10.1 Å². The molecule has 0 spiro atoms. The normalized spacial score (nSPS) is 10.9. The number of aromatic nitrogens is 2. The maximum atomic E-state index is 14.1. The lowest BCUT2D eigenvalue weighted by Gasteiger charge is -2.05. The second-order valence-electron chi connectivity index (χ2n) is 5.29. The lowest BCUT2D eigenvalue weighted by atomic mass is 10.2. The van der Waals surface area contributed by atoms with Gasteiger partial charge in [0, 0.05) is 35.7 Å². The number of halogens is 1. The van der Waals surface area contributed by atoms with Crippen molar-refractivity contribution in [3.05, 3.63) is 47.2 Å². The van der Waals surface area contributed by atoms with E-state index in [2.05, 4.69) is 15.5 Å². The molecule has 7 heteroatoms. The lowest BCUT2D eigenvalue weighted by molar-refractivity contribution is -0.119. The average molecular weight is 317 g/mol. The number of rotatable bonds is 5. The number of fused-ring (bicyclic) bond motifs is 1. The Bertz CT molecular complexity index is 853. The summed E-state index contributed by atoms with van der Waals surface area (Å²) in [5.74, 6) is 0.224. The maximum Gasteiger partial charge on any atom is 0.217 e. The molecule has 0 fully saturated rings. The number of carbonyl (C=O) groups is 1. The minimum Gasteiger partial charge on any atom is -0.484 e. The highest BCUT2D eigenvalue weighted by Crippen LogP contribution is 2.26. The molecule has 2 heterocycles. The van der Waals surface area contributed by atoms with Crippen molar-refractivity contribution in [1.29, 1.82) is 0 Å². The number of ether oxygens (including phenoxy) is 1. The predicted molar refractivity (Wildman–Crippen MR) is 81.3 cm³/mol. The number of hydrogen-bond acceptors (Lipinski definition) is 4. The molecule has 0 bridgehead atoms. The zero-order chi connectivity index (χ0) is 16.4. The van der Waals surface area contributed by atoms with Crippen molar-refractivity contribution >= 4 is 16.8 Å². The molecule has 2 N–H and O–H groups in total. The van der Waals surface area contributed by atoms with E-state index in [4.69, 9.17) is 9.26 Å². The summed E-state index contributed by atoms with van der Waals surface area (Å²) in [5, 5.41) is 7.20. The minimum absolute atomic E-state index is 0.123. The first-order valence-electron chi connectivity index (χ1n) is 7.12. The van der Waals surface area contributed by atoms with Crippen molar-refractivity contribution < 1.29 is 18.4 Å². The molecule has 3 aromatic rings. The number of H-pyrrole nitrogens is 1. The summed E-state index contributed by atoms with van der Waals surface area (Å²) in [6, 6.07) is 6.51. The summed E-state index contributed by atoms with van der Waals surface area (Å²) in [6.07, 6.45) is 0. The van der Waals surface area contributed by atoms with Crippen LogP contribution in [-0.2, 0) is 17.9 Å². The molecule has 0 aliphatic rings. The zero-order valence-corrected chi connectivity index (χ0v) is 12.8. The van der Waals surface area contributed by atoms with E-state index in [0.29, 0.717) is 23.4 Å². The van der Waals surface area contributed by atoms with Crippen LogP contribution in [0.15, 0.2) is 28.8 Å². The highest BCUT2D eigenvalue weighted by atomic mass is 19.1. The van der Waals surface area contributed by atoms with Gasteiger partial charge in [0.2, 0.25) is 5.91 Å². The molecular weight excluding hydrogens is 301 g/mol. The minimum atomic E-state index is -0.456. The van der Waals surface area contributed by atoms with E-state index in [1.807, 2.05) is 0 Å². The van der Waals surface area contributed by atoms with E-state index in [9.17, 15) is 9.18 Å². The average Bonchev–Trinajstić information content (AvgIpc) is 3.08. The Balaban J connectivity index is 1.77. The molecule has 23 heavy (non-hydrogen) atoms. The molecule has 2 aromatic heterocycles. The van der Waals surface area contributed by atoms with E-state index < -0.39 is 5.82 Å². The summed E-state index contributed by atoms with van der Waals surface area (Å²) < 4.78 is 24.5. The number of aromatic amines is 1. The van der Waals surface area contributed by atoms with Crippen molar-refractivity contribution in [2.75, 3.05) is 0 Å². The predicted octanol–water partition coefficient (Wildman–Crippen LogP) is 2.82. The fourth-order valence-corrected chi connectivity index (χ4v) is 2.26. The van der Waals surface area contributed by atoms with E-state index in [1.54, 1.807) is 25.1 Å². The van der Waals surface area contributed by atoms with Gasteiger partial charge in [-0.1, -0.05) is 5.16 Å². The number of aryl methyl sites for hydroxylation is 1. The first kappa shape index (κ1) is 15.1. The van der Waals surface area contributed by atoms with E-state index in [0.717, 1.165) is 11.2 Å². The summed E-state index contributed by atoms with van der Waals surface area (Å²) in [4.78, 5) is 14.1. The van der Waals surface area contributed by atoms with Crippen LogP contribution in [0.25, 0.3) is 10.9 Å². The third-order valence-electron chi connectivity index (χ3n) is 3.31. The van der Waals surface area contributed by atoms with Crippen LogP contribution in [0.4, 0.5) is 4.39 Å². The number of hydrogen-bond donors (Lipinski definition) is 2. The molecule has 0 saturated heterocycles. The molecule has 0 radical (unpaired) electrons. The van der Waals surface area contributed by atoms with Gasteiger partial charge in [-0.05, 0) is 19.1 Å². The number of amides is 1. The second-order valence-corrected chi connectivity index (χ2v) is 5.29. The van der Waals surface area contributed by atoms with Crippen LogP contribution in [-0.4, -0.2) is 16.0 Å². The van der Waals surface area contributed by atoms with Crippen LogP contribution in [0.5, 0.6) is 5.75 Å². The number of nitrogens with one attached hydrogen (secondary N) is 2. The van der Waals surface area contributed by atoms with E-state index in [-0.39, 0.29) is 18.3 Å². The second kappa shape index (κ2) is 6.12. The lowest BCUT2D eigenvalue weighted by Crippen LogP contribution is -2.18. The van der Waals surface area contributed by atoms with Gasteiger partial charge < -0.3 is 19.6 Å². The van der Waals surface area contributed by atoms with Crippen molar-refractivity contribution in [2.24, 2.45) is 0 Å². The van der Waals surface area contributed by atoms with Gasteiger partial charge in [0.25, 0.3) is 0 Å². The maximum absolute atomic E-state index is 14.1. The van der Waals surface area contributed by atoms with Gasteiger partial charge >= 0.3 is 0 Å². The molecular formula is C16H16FN3O3. The van der Waals surface area contributed by atoms with Crippen LogP contribution >= 0.6 is 0 Å². The van der Waals surface area contributed by atoms with Crippen molar-refractivity contribution in [2.45, 2.75) is 27.0 Å². The standard InChI is InChI=1S/C16H16FN3O3/c1-9-3-13(20-23-9)8-22-16-6-15-11(5-14(16)17)4-12(19-15)7-18-10(2)21/h3-6,19H,7-8H2,1-2H3,(H,18,21). The fraction of sp³-hybridized carbons (Fsp3) is 0.250. The third kappa shape index (κ3) is 3.50. The van der Waals surface area contributed by atoms with E-state index in [1.165, 1.54) is 13.0 Å². The zero-order valence-electron chi connectivity index (χ0n) is 12.8. The van der Waals surface area contributed by atoms with Crippen LogP contribution in [0.1, 0.15) is 24.1 Å². The molecule has 0 aliphatic heterocycles. The molecule has 0 unspecified atom stereocenters. The fourth-order valence-electron chi connectivity index (χ4n) is 2.26. The van der Waals surface area contributed by atoms with Gasteiger partial charge in [0.15, 0.2) is 11.6 Å². The Morgan fingerprint density at radius 3 is 2.91 bits per heavy atom.